The molecule has 1 aliphatic heterocycles. The van der Waals surface area contributed by atoms with Gasteiger partial charge in [-0.3, -0.25) is 4.90 Å². The third-order valence-electron chi connectivity index (χ3n) is 4.72. The number of fused-ring (bicyclic) bond motifs is 1. The molecule has 2 nitrogen and oxygen atoms in total. The smallest absolute Gasteiger partial charge is 0.0328 e. The van der Waals surface area contributed by atoms with Crippen LogP contribution in [0.5, 0.6) is 0 Å². The third kappa shape index (κ3) is 3.14. The number of nitrogens with zero attached hydrogens (tertiary/aromatic N) is 1. The Morgan fingerprint density at radius 2 is 1.89 bits per heavy atom. The van der Waals surface area contributed by atoms with Crippen LogP contribution in [0.15, 0.2) is 22.7 Å². The highest BCUT2D eigenvalue weighted by molar-refractivity contribution is 9.10. The minimum atomic E-state index is 0.822. The Balaban J connectivity index is 1.74. The number of hydrogen-bond acceptors (Lipinski definition) is 2. The maximum atomic E-state index is 5.95. The largest absolute Gasteiger partial charge is 0.399 e. The summed E-state index contributed by atoms with van der Waals surface area (Å²) in [6.45, 7) is 2.32. The van der Waals surface area contributed by atoms with Crippen molar-refractivity contribution in [1.82, 2.24) is 4.90 Å². The van der Waals surface area contributed by atoms with Gasteiger partial charge in [-0.1, -0.05) is 28.8 Å². The standard InChI is InChI=1S/C16H23BrN2/c17-14-8-12(9-15(18)10-14)11-19-7-3-5-13-4-1-2-6-16(13)19/h8-10,13,16H,1-7,11,18H2. The van der Waals surface area contributed by atoms with Crippen molar-refractivity contribution in [2.24, 2.45) is 5.92 Å². The van der Waals surface area contributed by atoms with E-state index < -0.39 is 0 Å². The van der Waals surface area contributed by atoms with Crippen molar-refractivity contribution in [1.29, 1.82) is 0 Å². The lowest BCUT2D eigenvalue weighted by molar-refractivity contribution is 0.0547. The van der Waals surface area contributed by atoms with Crippen molar-refractivity contribution < 1.29 is 0 Å². The molecule has 0 aromatic heterocycles. The van der Waals surface area contributed by atoms with Crippen LogP contribution in [0, 0.1) is 5.92 Å². The Bertz CT molecular complexity index is 424. The topological polar surface area (TPSA) is 29.3 Å². The van der Waals surface area contributed by atoms with Crippen LogP contribution in [0.3, 0.4) is 0 Å². The zero-order valence-corrected chi connectivity index (χ0v) is 13.0. The molecule has 3 rings (SSSR count). The van der Waals surface area contributed by atoms with Gasteiger partial charge in [-0.05, 0) is 61.9 Å². The van der Waals surface area contributed by atoms with Crippen LogP contribution in [0.2, 0.25) is 0 Å². The SMILES string of the molecule is Nc1cc(Br)cc(CN2CCCC3CCCCC32)c1. The van der Waals surface area contributed by atoms with Gasteiger partial charge in [0.1, 0.15) is 0 Å². The molecular weight excluding hydrogens is 300 g/mol. The predicted octanol–water partition coefficient (Wildman–Crippen LogP) is 4.19. The summed E-state index contributed by atoms with van der Waals surface area (Å²) in [4.78, 5) is 2.70. The van der Waals surface area contributed by atoms with E-state index in [4.69, 9.17) is 5.73 Å². The molecule has 104 valence electrons. The summed E-state index contributed by atoms with van der Waals surface area (Å²) in [5, 5.41) is 0. The second-order valence-electron chi connectivity index (χ2n) is 6.12. The summed E-state index contributed by atoms with van der Waals surface area (Å²) in [5.74, 6) is 0.951. The fourth-order valence-corrected chi connectivity index (χ4v) is 4.48. The van der Waals surface area contributed by atoms with Crippen molar-refractivity contribution in [3.05, 3.63) is 28.2 Å². The second-order valence-corrected chi connectivity index (χ2v) is 7.03. The monoisotopic (exact) mass is 322 g/mol. The highest BCUT2D eigenvalue weighted by Crippen LogP contribution is 2.36. The van der Waals surface area contributed by atoms with Gasteiger partial charge >= 0.3 is 0 Å². The molecule has 1 aromatic carbocycles. The zero-order valence-electron chi connectivity index (χ0n) is 11.4. The van der Waals surface area contributed by atoms with E-state index in [0.29, 0.717) is 0 Å². The molecule has 2 atom stereocenters. The molecular formula is C16H23BrN2. The number of nitrogens with two attached hydrogens (primary N) is 1. The first-order valence-electron chi connectivity index (χ1n) is 7.51. The summed E-state index contributed by atoms with van der Waals surface area (Å²) >= 11 is 3.55. The number of likely N-dealkylation sites (tertiary alicyclic amines) is 1. The Morgan fingerprint density at radius 1 is 1.11 bits per heavy atom. The number of benzene rings is 1. The van der Waals surface area contributed by atoms with Crippen LogP contribution in [-0.4, -0.2) is 17.5 Å². The van der Waals surface area contributed by atoms with Gasteiger partial charge in [0, 0.05) is 22.7 Å². The van der Waals surface area contributed by atoms with Crippen molar-refractivity contribution in [3.8, 4) is 0 Å². The average Bonchev–Trinajstić information content (AvgIpc) is 2.38. The van der Waals surface area contributed by atoms with Gasteiger partial charge in [-0.15, -0.1) is 0 Å². The molecule has 3 heteroatoms. The van der Waals surface area contributed by atoms with Crippen molar-refractivity contribution in [2.75, 3.05) is 12.3 Å². The molecule has 1 saturated carbocycles. The molecule has 0 radical (unpaired) electrons. The van der Waals surface area contributed by atoms with E-state index in [2.05, 4.69) is 33.0 Å². The van der Waals surface area contributed by atoms with Crippen molar-refractivity contribution >= 4 is 21.6 Å². The molecule has 2 fully saturated rings. The summed E-state index contributed by atoms with van der Waals surface area (Å²) in [7, 11) is 0. The Morgan fingerprint density at radius 3 is 2.74 bits per heavy atom. The molecule has 1 aliphatic carbocycles. The summed E-state index contributed by atoms with van der Waals surface area (Å²) in [6.07, 6.45) is 8.51. The Kier molecular flexibility index (Phi) is 4.13. The first kappa shape index (κ1) is 13.4. The van der Waals surface area contributed by atoms with Crippen LogP contribution in [-0.2, 0) is 6.54 Å². The van der Waals surface area contributed by atoms with Crippen LogP contribution in [0.4, 0.5) is 5.69 Å². The molecule has 2 unspecified atom stereocenters. The van der Waals surface area contributed by atoms with E-state index in [1.165, 1.54) is 50.6 Å². The van der Waals surface area contributed by atoms with E-state index in [0.717, 1.165) is 28.7 Å². The molecule has 0 bridgehead atoms. The summed E-state index contributed by atoms with van der Waals surface area (Å²) in [5.41, 5.74) is 8.16. The average molecular weight is 323 g/mol. The number of piperidine rings is 1. The number of hydrogen-bond donors (Lipinski definition) is 1. The number of halogens is 1. The van der Waals surface area contributed by atoms with Crippen LogP contribution in [0.25, 0.3) is 0 Å². The number of nitrogen functional groups attached to an aromatic ring is 1. The molecule has 2 N–H and O–H groups in total. The Hall–Kier alpha value is -0.540. The first-order valence-corrected chi connectivity index (χ1v) is 8.30. The Labute approximate surface area is 124 Å². The van der Waals surface area contributed by atoms with Gasteiger partial charge in [-0.2, -0.15) is 0 Å². The molecule has 1 saturated heterocycles. The lowest BCUT2D eigenvalue weighted by atomic mass is 9.78. The molecule has 2 aliphatic rings. The molecule has 1 aromatic rings. The molecule has 19 heavy (non-hydrogen) atoms. The fourth-order valence-electron chi connectivity index (χ4n) is 3.93. The molecule has 0 amide bonds. The fraction of sp³-hybridized carbons (Fsp3) is 0.625. The minimum Gasteiger partial charge on any atom is -0.399 e. The van der Waals surface area contributed by atoms with E-state index in [1.807, 2.05) is 6.07 Å². The van der Waals surface area contributed by atoms with E-state index in [-0.39, 0.29) is 0 Å². The van der Waals surface area contributed by atoms with Gasteiger partial charge in [-0.25, -0.2) is 0 Å². The van der Waals surface area contributed by atoms with Gasteiger partial charge in [0.2, 0.25) is 0 Å². The minimum absolute atomic E-state index is 0.822. The molecule has 1 heterocycles. The maximum Gasteiger partial charge on any atom is 0.0328 e. The number of anilines is 1. The third-order valence-corrected chi connectivity index (χ3v) is 5.18. The second kappa shape index (κ2) is 5.84. The van der Waals surface area contributed by atoms with Gasteiger partial charge in [0.05, 0.1) is 0 Å². The summed E-state index contributed by atoms with van der Waals surface area (Å²) in [6, 6.07) is 7.13. The van der Waals surface area contributed by atoms with Crippen LogP contribution >= 0.6 is 15.9 Å². The van der Waals surface area contributed by atoms with E-state index >= 15 is 0 Å². The quantitative estimate of drug-likeness (QED) is 0.827. The lowest BCUT2D eigenvalue weighted by Crippen LogP contribution is -2.46. The highest BCUT2D eigenvalue weighted by Gasteiger charge is 2.32. The summed E-state index contributed by atoms with van der Waals surface area (Å²) < 4.78 is 1.10. The lowest BCUT2D eigenvalue weighted by Gasteiger charge is -2.44. The zero-order chi connectivity index (χ0) is 13.2. The maximum absolute atomic E-state index is 5.95. The van der Waals surface area contributed by atoms with E-state index in [1.54, 1.807) is 0 Å². The number of rotatable bonds is 2. The predicted molar refractivity (Wildman–Crippen MR) is 83.9 cm³/mol. The van der Waals surface area contributed by atoms with Crippen molar-refractivity contribution in [3.63, 3.8) is 0 Å². The van der Waals surface area contributed by atoms with Crippen molar-refractivity contribution in [2.45, 2.75) is 51.1 Å². The van der Waals surface area contributed by atoms with E-state index in [9.17, 15) is 0 Å². The van der Waals surface area contributed by atoms with Gasteiger partial charge in [0.25, 0.3) is 0 Å². The van der Waals surface area contributed by atoms with Crippen LogP contribution in [0.1, 0.15) is 44.1 Å². The first-order chi connectivity index (χ1) is 9.22. The normalized spacial score (nSPS) is 28.1. The van der Waals surface area contributed by atoms with Gasteiger partial charge < -0.3 is 5.73 Å². The highest BCUT2D eigenvalue weighted by atomic mass is 79.9. The van der Waals surface area contributed by atoms with Crippen LogP contribution < -0.4 is 5.73 Å². The molecule has 0 spiro atoms. The van der Waals surface area contributed by atoms with Gasteiger partial charge in [0.15, 0.2) is 0 Å².